The van der Waals surface area contributed by atoms with Gasteiger partial charge in [-0.3, -0.25) is 9.59 Å². The van der Waals surface area contributed by atoms with Gasteiger partial charge in [-0.1, -0.05) is 30.3 Å². The third kappa shape index (κ3) is 7.20. The van der Waals surface area contributed by atoms with Gasteiger partial charge in [0.1, 0.15) is 5.75 Å². The zero-order valence-electron chi connectivity index (χ0n) is 16.6. The van der Waals surface area contributed by atoms with Gasteiger partial charge in [0.25, 0.3) is 11.8 Å². The Hall–Kier alpha value is -2.91. The van der Waals surface area contributed by atoms with Gasteiger partial charge in [0.15, 0.2) is 6.61 Å². The number of amides is 2. The summed E-state index contributed by atoms with van der Waals surface area (Å²) in [5.74, 6) is -0.121. The normalized spacial score (nSPS) is 11.0. The van der Waals surface area contributed by atoms with Crippen LogP contribution in [0.1, 0.15) is 21.5 Å². The van der Waals surface area contributed by atoms with Crippen molar-refractivity contribution in [3.05, 3.63) is 65.2 Å². The lowest BCUT2D eigenvalue weighted by Crippen LogP contribution is -2.27. The summed E-state index contributed by atoms with van der Waals surface area (Å²) in [4.78, 5) is 25.4. The summed E-state index contributed by atoms with van der Waals surface area (Å²) in [6.07, 6.45) is 0. The zero-order valence-corrected chi connectivity index (χ0v) is 17.5. The second-order valence-electron chi connectivity index (χ2n) is 6.57. The number of nitrogens with one attached hydrogen (secondary N) is 2. The number of carbonyl (C=O) groups is 2. The predicted octanol–water partition coefficient (Wildman–Crippen LogP) is 1.13. The van der Waals surface area contributed by atoms with Crippen LogP contribution in [0.5, 0.6) is 5.75 Å². The van der Waals surface area contributed by atoms with E-state index in [0.29, 0.717) is 23.4 Å². The van der Waals surface area contributed by atoms with Crippen LogP contribution in [0.2, 0.25) is 0 Å². The summed E-state index contributed by atoms with van der Waals surface area (Å²) in [5.41, 5.74) is 1.91. The monoisotopic (exact) mass is 419 g/mol. The summed E-state index contributed by atoms with van der Waals surface area (Å²) in [7, 11) is 1.33. The fourth-order valence-corrected chi connectivity index (χ4v) is 3.11. The lowest BCUT2D eigenvalue weighted by atomic mass is 10.1. The van der Waals surface area contributed by atoms with Crippen molar-refractivity contribution in [1.82, 2.24) is 14.9 Å². The molecule has 9 heteroatoms. The molecule has 0 heterocycles. The van der Waals surface area contributed by atoms with Gasteiger partial charge in [0.05, 0.1) is 5.75 Å². The second kappa shape index (κ2) is 10.0. The summed E-state index contributed by atoms with van der Waals surface area (Å²) in [5, 5.41) is 2.80. The molecule has 0 aliphatic carbocycles. The SMILES string of the molecule is CNS(=O)(=O)Cc1ccc(CNC(=O)c2cccc(OCC(=O)N(C)C)c2)cc1. The molecule has 2 aromatic carbocycles. The average Bonchev–Trinajstić information content (AvgIpc) is 2.71. The molecule has 29 heavy (non-hydrogen) atoms. The van der Waals surface area contributed by atoms with Crippen LogP contribution < -0.4 is 14.8 Å². The third-order valence-corrected chi connectivity index (χ3v) is 5.44. The topological polar surface area (TPSA) is 105 Å². The molecule has 2 N–H and O–H groups in total. The van der Waals surface area contributed by atoms with Crippen LogP contribution in [0.15, 0.2) is 48.5 Å². The Morgan fingerprint density at radius 1 is 1.03 bits per heavy atom. The highest BCUT2D eigenvalue weighted by molar-refractivity contribution is 7.88. The van der Waals surface area contributed by atoms with Crippen LogP contribution in [-0.2, 0) is 27.1 Å². The van der Waals surface area contributed by atoms with E-state index in [9.17, 15) is 18.0 Å². The van der Waals surface area contributed by atoms with Crippen LogP contribution in [0, 0.1) is 0 Å². The van der Waals surface area contributed by atoms with Crippen LogP contribution in [0.3, 0.4) is 0 Å². The number of benzene rings is 2. The zero-order chi connectivity index (χ0) is 21.4. The quantitative estimate of drug-likeness (QED) is 0.634. The summed E-state index contributed by atoms with van der Waals surface area (Å²) in [6, 6.07) is 13.6. The Bertz CT molecular complexity index is 956. The van der Waals surface area contributed by atoms with Crippen LogP contribution in [-0.4, -0.2) is 52.9 Å². The molecule has 8 nitrogen and oxygen atoms in total. The molecular weight excluding hydrogens is 394 g/mol. The predicted molar refractivity (Wildman–Crippen MR) is 110 cm³/mol. The van der Waals surface area contributed by atoms with Gasteiger partial charge < -0.3 is 15.0 Å². The number of likely N-dealkylation sites (N-methyl/N-ethyl adjacent to an activating group) is 1. The molecule has 0 atom stereocenters. The van der Waals surface area contributed by atoms with Gasteiger partial charge in [-0.15, -0.1) is 0 Å². The van der Waals surface area contributed by atoms with Crippen molar-refractivity contribution in [2.75, 3.05) is 27.7 Å². The minimum Gasteiger partial charge on any atom is -0.484 e. The molecule has 0 saturated carbocycles. The van der Waals surface area contributed by atoms with E-state index in [-0.39, 0.29) is 24.2 Å². The van der Waals surface area contributed by atoms with E-state index in [4.69, 9.17) is 4.74 Å². The molecule has 0 saturated heterocycles. The molecule has 0 spiro atoms. The minimum absolute atomic E-state index is 0.0980. The van der Waals surface area contributed by atoms with E-state index in [1.165, 1.54) is 11.9 Å². The molecule has 0 aliphatic rings. The molecule has 2 rings (SSSR count). The van der Waals surface area contributed by atoms with E-state index in [0.717, 1.165) is 5.56 Å². The number of rotatable bonds is 9. The number of hydrogen-bond donors (Lipinski definition) is 2. The first-order valence-electron chi connectivity index (χ1n) is 8.90. The first-order valence-corrected chi connectivity index (χ1v) is 10.6. The highest BCUT2D eigenvalue weighted by Gasteiger charge is 2.10. The van der Waals surface area contributed by atoms with E-state index in [1.54, 1.807) is 62.6 Å². The molecule has 0 aliphatic heterocycles. The Morgan fingerprint density at radius 2 is 1.69 bits per heavy atom. The maximum Gasteiger partial charge on any atom is 0.259 e. The Labute approximate surface area is 170 Å². The summed E-state index contributed by atoms with van der Waals surface area (Å²) in [6.45, 7) is 0.190. The molecule has 2 aromatic rings. The lowest BCUT2D eigenvalue weighted by molar-refractivity contribution is -0.130. The fourth-order valence-electron chi connectivity index (χ4n) is 2.33. The Balaban J connectivity index is 1.92. The summed E-state index contributed by atoms with van der Waals surface area (Å²) < 4.78 is 30.8. The standard InChI is InChI=1S/C20H25N3O5S/c1-21-29(26,27)14-16-9-7-15(8-10-16)12-22-20(25)17-5-4-6-18(11-17)28-13-19(24)23(2)3/h4-11,21H,12-14H2,1-3H3,(H,22,25). The molecular formula is C20H25N3O5S. The van der Waals surface area contributed by atoms with Crippen molar-refractivity contribution >= 4 is 21.8 Å². The highest BCUT2D eigenvalue weighted by atomic mass is 32.2. The van der Waals surface area contributed by atoms with Crippen LogP contribution >= 0.6 is 0 Å². The van der Waals surface area contributed by atoms with Crippen molar-refractivity contribution < 1.29 is 22.7 Å². The molecule has 0 unspecified atom stereocenters. The number of sulfonamides is 1. The van der Waals surface area contributed by atoms with E-state index < -0.39 is 10.0 Å². The first kappa shape index (κ1) is 22.4. The molecule has 2 amide bonds. The summed E-state index contributed by atoms with van der Waals surface area (Å²) >= 11 is 0. The molecule has 0 radical (unpaired) electrons. The Morgan fingerprint density at radius 3 is 2.31 bits per heavy atom. The van der Waals surface area contributed by atoms with Gasteiger partial charge in [0, 0.05) is 26.2 Å². The average molecular weight is 420 g/mol. The van der Waals surface area contributed by atoms with Crippen molar-refractivity contribution in [3.8, 4) is 5.75 Å². The maximum absolute atomic E-state index is 12.4. The van der Waals surface area contributed by atoms with E-state index in [2.05, 4.69) is 10.0 Å². The van der Waals surface area contributed by atoms with E-state index >= 15 is 0 Å². The molecule has 0 bridgehead atoms. The van der Waals surface area contributed by atoms with Crippen LogP contribution in [0.25, 0.3) is 0 Å². The van der Waals surface area contributed by atoms with Gasteiger partial charge >= 0.3 is 0 Å². The van der Waals surface area contributed by atoms with Crippen LogP contribution in [0.4, 0.5) is 0 Å². The van der Waals surface area contributed by atoms with Gasteiger partial charge in [0.2, 0.25) is 10.0 Å². The van der Waals surface area contributed by atoms with Crippen molar-refractivity contribution in [2.24, 2.45) is 0 Å². The van der Waals surface area contributed by atoms with Crippen molar-refractivity contribution in [2.45, 2.75) is 12.3 Å². The molecule has 0 aromatic heterocycles. The number of carbonyl (C=O) groups excluding carboxylic acids is 2. The van der Waals surface area contributed by atoms with Gasteiger partial charge in [-0.2, -0.15) is 0 Å². The van der Waals surface area contributed by atoms with E-state index in [1.807, 2.05) is 0 Å². The minimum atomic E-state index is -3.32. The lowest BCUT2D eigenvalue weighted by Gasteiger charge is -2.12. The Kier molecular flexibility index (Phi) is 7.74. The number of nitrogens with zero attached hydrogens (tertiary/aromatic N) is 1. The fraction of sp³-hybridized carbons (Fsp3) is 0.300. The molecule has 156 valence electrons. The first-order chi connectivity index (χ1) is 13.7. The van der Waals surface area contributed by atoms with Crippen molar-refractivity contribution in [1.29, 1.82) is 0 Å². The number of ether oxygens (including phenoxy) is 1. The highest BCUT2D eigenvalue weighted by Crippen LogP contribution is 2.14. The second-order valence-corrected chi connectivity index (χ2v) is 8.49. The third-order valence-electron chi connectivity index (χ3n) is 4.10. The molecule has 0 fully saturated rings. The van der Waals surface area contributed by atoms with Gasteiger partial charge in [-0.25, -0.2) is 13.1 Å². The number of hydrogen-bond acceptors (Lipinski definition) is 5. The smallest absolute Gasteiger partial charge is 0.259 e. The largest absolute Gasteiger partial charge is 0.484 e. The van der Waals surface area contributed by atoms with Gasteiger partial charge in [-0.05, 0) is 36.4 Å². The maximum atomic E-state index is 12.4. The van der Waals surface area contributed by atoms with Crippen molar-refractivity contribution in [3.63, 3.8) is 0 Å².